The molecule has 21 heavy (non-hydrogen) atoms. The summed E-state index contributed by atoms with van der Waals surface area (Å²) in [6, 6.07) is 17.4. The fraction of sp³-hybridized carbons (Fsp3) is 0.333. The number of nitrogens with one attached hydrogen (secondary N) is 1. The molecule has 0 heterocycles. The van der Waals surface area contributed by atoms with Crippen LogP contribution in [-0.4, -0.2) is 20.6 Å². The van der Waals surface area contributed by atoms with Crippen molar-refractivity contribution in [2.45, 2.75) is 19.4 Å². The van der Waals surface area contributed by atoms with E-state index in [4.69, 9.17) is 0 Å². The zero-order valence-corrected chi connectivity index (χ0v) is 14.5. The summed E-state index contributed by atoms with van der Waals surface area (Å²) in [5.74, 6) is 0. The van der Waals surface area contributed by atoms with Crippen LogP contribution in [0.1, 0.15) is 23.6 Å². The molecule has 2 aromatic rings. The summed E-state index contributed by atoms with van der Waals surface area (Å²) in [7, 11) is 4.19. The molecule has 0 aliphatic heterocycles. The molecule has 2 nitrogen and oxygen atoms in total. The van der Waals surface area contributed by atoms with Crippen molar-refractivity contribution >= 4 is 21.6 Å². The van der Waals surface area contributed by atoms with Crippen LogP contribution in [0.4, 0.5) is 5.69 Å². The molecule has 1 unspecified atom stereocenters. The molecule has 3 heteroatoms. The first kappa shape index (κ1) is 16.1. The summed E-state index contributed by atoms with van der Waals surface area (Å²) in [6.07, 6.45) is 1.07. The lowest BCUT2D eigenvalue weighted by molar-refractivity contribution is 0.549. The van der Waals surface area contributed by atoms with Gasteiger partial charge in [0.25, 0.3) is 0 Å². The highest BCUT2D eigenvalue weighted by molar-refractivity contribution is 9.10. The van der Waals surface area contributed by atoms with Crippen molar-refractivity contribution < 1.29 is 0 Å². The Morgan fingerprint density at radius 1 is 1.14 bits per heavy atom. The van der Waals surface area contributed by atoms with Crippen molar-refractivity contribution in [1.82, 2.24) is 5.32 Å². The van der Waals surface area contributed by atoms with Crippen molar-refractivity contribution in [3.63, 3.8) is 0 Å². The summed E-state index contributed by atoms with van der Waals surface area (Å²) in [5, 5.41) is 3.42. The lowest BCUT2D eigenvalue weighted by Gasteiger charge is -2.25. The van der Waals surface area contributed by atoms with Gasteiger partial charge in [-0.2, -0.15) is 0 Å². The molecule has 2 rings (SSSR count). The summed E-state index contributed by atoms with van der Waals surface area (Å²) in [6.45, 7) is 3.18. The number of benzene rings is 2. The molecular formula is C18H23BrN2. The number of halogens is 1. The number of rotatable bonds is 6. The first-order valence-electron chi connectivity index (χ1n) is 7.31. The molecule has 0 aliphatic carbocycles. The van der Waals surface area contributed by atoms with E-state index in [-0.39, 0.29) is 0 Å². The van der Waals surface area contributed by atoms with E-state index in [0.717, 1.165) is 17.4 Å². The monoisotopic (exact) mass is 346 g/mol. The minimum atomic E-state index is 0.369. The molecule has 0 fully saturated rings. The van der Waals surface area contributed by atoms with Gasteiger partial charge >= 0.3 is 0 Å². The Kier molecular flexibility index (Phi) is 5.83. The normalized spacial score (nSPS) is 12.2. The van der Waals surface area contributed by atoms with E-state index in [0.29, 0.717) is 6.04 Å². The molecule has 0 aromatic heterocycles. The number of para-hydroxylation sites is 1. The van der Waals surface area contributed by atoms with E-state index >= 15 is 0 Å². The van der Waals surface area contributed by atoms with Crippen LogP contribution in [0.2, 0.25) is 0 Å². The van der Waals surface area contributed by atoms with Crippen LogP contribution in [0.15, 0.2) is 53.0 Å². The minimum Gasteiger partial charge on any atom is -0.374 e. The molecule has 0 spiro atoms. The van der Waals surface area contributed by atoms with Crippen LogP contribution in [0.25, 0.3) is 0 Å². The van der Waals surface area contributed by atoms with Crippen LogP contribution in [0, 0.1) is 6.92 Å². The highest BCUT2D eigenvalue weighted by Crippen LogP contribution is 2.23. The van der Waals surface area contributed by atoms with Crippen molar-refractivity contribution in [3.8, 4) is 0 Å². The van der Waals surface area contributed by atoms with Gasteiger partial charge in [0.15, 0.2) is 0 Å². The summed E-state index contributed by atoms with van der Waals surface area (Å²) in [5.41, 5.74) is 3.95. The van der Waals surface area contributed by atoms with E-state index in [9.17, 15) is 0 Å². The number of anilines is 1. The quantitative estimate of drug-likeness (QED) is 0.825. The van der Waals surface area contributed by atoms with Crippen LogP contribution in [0.5, 0.6) is 0 Å². The third kappa shape index (κ3) is 4.32. The third-order valence-electron chi connectivity index (χ3n) is 3.88. The second kappa shape index (κ2) is 7.62. The van der Waals surface area contributed by atoms with Gasteiger partial charge < -0.3 is 10.2 Å². The number of hydrogen-bond donors (Lipinski definition) is 1. The highest BCUT2D eigenvalue weighted by atomic mass is 79.9. The number of aryl methyl sites for hydroxylation is 1. The van der Waals surface area contributed by atoms with E-state index in [2.05, 4.69) is 88.6 Å². The third-order valence-corrected chi connectivity index (χ3v) is 4.37. The van der Waals surface area contributed by atoms with Gasteiger partial charge in [-0.3, -0.25) is 0 Å². The van der Waals surface area contributed by atoms with Crippen LogP contribution in [-0.2, 0) is 0 Å². The Morgan fingerprint density at radius 2 is 1.90 bits per heavy atom. The van der Waals surface area contributed by atoms with E-state index < -0.39 is 0 Å². The zero-order valence-electron chi connectivity index (χ0n) is 12.9. The second-order valence-corrected chi connectivity index (χ2v) is 6.31. The minimum absolute atomic E-state index is 0.369. The maximum Gasteiger partial charge on any atom is 0.0393 e. The maximum atomic E-state index is 3.55. The SMILES string of the molecule is CNC(CCN(C)c1ccccc1C)c1cccc(Br)c1. The zero-order chi connectivity index (χ0) is 15.2. The van der Waals surface area contributed by atoms with E-state index in [1.54, 1.807) is 0 Å². The Hall–Kier alpha value is -1.32. The van der Waals surface area contributed by atoms with Crippen LogP contribution < -0.4 is 10.2 Å². The van der Waals surface area contributed by atoms with Gasteiger partial charge in [0, 0.05) is 29.8 Å². The van der Waals surface area contributed by atoms with Crippen LogP contribution >= 0.6 is 15.9 Å². The molecule has 1 N–H and O–H groups in total. The predicted molar refractivity (Wildman–Crippen MR) is 95.0 cm³/mol. The lowest BCUT2D eigenvalue weighted by Crippen LogP contribution is -2.25. The molecule has 0 saturated heterocycles. The summed E-state index contributed by atoms with van der Waals surface area (Å²) in [4.78, 5) is 2.33. The molecule has 1 atom stereocenters. The number of nitrogens with zero attached hydrogens (tertiary/aromatic N) is 1. The Bertz CT molecular complexity index is 583. The molecular weight excluding hydrogens is 324 g/mol. The topological polar surface area (TPSA) is 15.3 Å². The number of hydrogen-bond acceptors (Lipinski definition) is 2. The average molecular weight is 347 g/mol. The Morgan fingerprint density at radius 3 is 2.57 bits per heavy atom. The molecule has 112 valence electrons. The standard InChI is InChI=1S/C18H23BrN2/c1-14-7-4-5-10-18(14)21(3)12-11-17(20-2)15-8-6-9-16(19)13-15/h4-10,13,17,20H,11-12H2,1-3H3. The summed E-state index contributed by atoms with van der Waals surface area (Å²) < 4.78 is 1.13. The molecule has 0 bridgehead atoms. The fourth-order valence-corrected chi connectivity index (χ4v) is 3.05. The lowest BCUT2D eigenvalue weighted by atomic mass is 10.0. The van der Waals surface area contributed by atoms with Gasteiger partial charge in [-0.25, -0.2) is 0 Å². The maximum absolute atomic E-state index is 3.55. The van der Waals surface area contributed by atoms with Gasteiger partial charge in [0.2, 0.25) is 0 Å². The van der Waals surface area contributed by atoms with Gasteiger partial charge in [-0.05, 0) is 49.7 Å². The first-order chi connectivity index (χ1) is 10.1. The molecule has 0 saturated carbocycles. The van der Waals surface area contributed by atoms with Crippen molar-refractivity contribution in [1.29, 1.82) is 0 Å². The summed E-state index contributed by atoms with van der Waals surface area (Å²) >= 11 is 3.55. The first-order valence-corrected chi connectivity index (χ1v) is 8.10. The van der Waals surface area contributed by atoms with E-state index in [1.807, 2.05) is 7.05 Å². The van der Waals surface area contributed by atoms with Gasteiger partial charge in [0.1, 0.15) is 0 Å². The Balaban J connectivity index is 2.02. The van der Waals surface area contributed by atoms with Crippen molar-refractivity contribution in [2.24, 2.45) is 0 Å². The Labute approximate surface area is 136 Å². The smallest absolute Gasteiger partial charge is 0.0393 e. The van der Waals surface area contributed by atoms with Gasteiger partial charge in [-0.15, -0.1) is 0 Å². The van der Waals surface area contributed by atoms with Gasteiger partial charge in [-0.1, -0.05) is 46.3 Å². The molecule has 0 amide bonds. The molecule has 2 aromatic carbocycles. The van der Waals surface area contributed by atoms with Crippen LogP contribution in [0.3, 0.4) is 0 Å². The highest BCUT2D eigenvalue weighted by Gasteiger charge is 2.11. The fourth-order valence-electron chi connectivity index (χ4n) is 2.64. The largest absolute Gasteiger partial charge is 0.374 e. The van der Waals surface area contributed by atoms with E-state index in [1.165, 1.54) is 16.8 Å². The predicted octanol–water partition coefficient (Wildman–Crippen LogP) is 4.54. The second-order valence-electron chi connectivity index (χ2n) is 5.39. The average Bonchev–Trinajstić information content (AvgIpc) is 2.48. The van der Waals surface area contributed by atoms with Crippen molar-refractivity contribution in [2.75, 3.05) is 25.5 Å². The van der Waals surface area contributed by atoms with Crippen molar-refractivity contribution in [3.05, 3.63) is 64.1 Å². The van der Waals surface area contributed by atoms with Gasteiger partial charge in [0.05, 0.1) is 0 Å². The molecule has 0 radical (unpaired) electrons. The molecule has 0 aliphatic rings.